The Hall–Kier alpha value is -0.180. The molecule has 1 unspecified atom stereocenters. The fourth-order valence-corrected chi connectivity index (χ4v) is 3.17. The predicted octanol–water partition coefficient (Wildman–Crippen LogP) is 4.57. The highest BCUT2D eigenvalue weighted by atomic mass is 19.3. The zero-order valence-corrected chi connectivity index (χ0v) is 12.2. The highest BCUT2D eigenvalue weighted by molar-refractivity contribution is 4.84. The standard InChI is InChI=1S/C12H21F2N.C3H8/c1-10-6-12(13,14)9-15(7-10)8-11-4-2-3-5-11;1-3-2/h10-11H,2-9H2,1H3;3H2,1-2H3. The van der Waals surface area contributed by atoms with Crippen molar-refractivity contribution in [3.05, 3.63) is 0 Å². The first kappa shape index (κ1) is 15.9. The minimum absolute atomic E-state index is 0.00611. The summed E-state index contributed by atoms with van der Waals surface area (Å²) in [5.74, 6) is -1.61. The van der Waals surface area contributed by atoms with Gasteiger partial charge in [-0.25, -0.2) is 8.78 Å². The first-order valence-electron chi connectivity index (χ1n) is 7.57. The normalized spacial score (nSPS) is 28.8. The van der Waals surface area contributed by atoms with Crippen molar-refractivity contribution in [2.24, 2.45) is 11.8 Å². The van der Waals surface area contributed by atoms with Crippen LogP contribution in [0.1, 0.15) is 59.3 Å². The zero-order chi connectivity index (χ0) is 13.6. The fourth-order valence-electron chi connectivity index (χ4n) is 3.17. The summed E-state index contributed by atoms with van der Waals surface area (Å²) in [6.07, 6.45) is 6.41. The molecule has 0 N–H and O–H groups in total. The van der Waals surface area contributed by atoms with E-state index >= 15 is 0 Å². The Morgan fingerprint density at radius 2 is 1.72 bits per heavy atom. The van der Waals surface area contributed by atoms with Crippen molar-refractivity contribution < 1.29 is 8.78 Å². The molecule has 1 heterocycles. The molecule has 2 rings (SSSR count). The van der Waals surface area contributed by atoms with Gasteiger partial charge in [0.15, 0.2) is 0 Å². The summed E-state index contributed by atoms with van der Waals surface area (Å²) < 4.78 is 26.7. The highest BCUT2D eigenvalue weighted by Crippen LogP contribution is 2.32. The molecule has 1 nitrogen and oxygen atoms in total. The topological polar surface area (TPSA) is 3.24 Å². The van der Waals surface area contributed by atoms with Gasteiger partial charge in [0.1, 0.15) is 0 Å². The van der Waals surface area contributed by atoms with Gasteiger partial charge in [-0.1, -0.05) is 40.0 Å². The van der Waals surface area contributed by atoms with Crippen LogP contribution in [0, 0.1) is 11.8 Å². The van der Waals surface area contributed by atoms with Crippen LogP contribution in [-0.2, 0) is 0 Å². The lowest BCUT2D eigenvalue weighted by molar-refractivity contribution is -0.0842. The summed E-state index contributed by atoms with van der Waals surface area (Å²) in [6, 6.07) is 0. The van der Waals surface area contributed by atoms with Gasteiger partial charge in [0.05, 0.1) is 6.54 Å². The molecule has 0 amide bonds. The van der Waals surface area contributed by atoms with E-state index in [4.69, 9.17) is 0 Å². The first-order chi connectivity index (χ1) is 8.46. The molecular formula is C15H29F2N. The Kier molecular flexibility index (Phi) is 6.54. The number of alkyl halides is 2. The molecule has 2 aliphatic rings. The number of piperidine rings is 1. The van der Waals surface area contributed by atoms with Gasteiger partial charge in [-0.15, -0.1) is 0 Å². The van der Waals surface area contributed by atoms with Crippen molar-refractivity contribution in [2.45, 2.75) is 65.2 Å². The maximum Gasteiger partial charge on any atom is 0.260 e. The lowest BCUT2D eigenvalue weighted by Gasteiger charge is -2.37. The molecule has 0 aromatic carbocycles. The van der Waals surface area contributed by atoms with E-state index in [1.165, 1.54) is 32.1 Å². The number of likely N-dealkylation sites (tertiary alicyclic amines) is 1. The van der Waals surface area contributed by atoms with Crippen molar-refractivity contribution in [1.82, 2.24) is 4.90 Å². The van der Waals surface area contributed by atoms with Crippen LogP contribution < -0.4 is 0 Å². The first-order valence-corrected chi connectivity index (χ1v) is 7.57. The van der Waals surface area contributed by atoms with Crippen LogP contribution in [0.2, 0.25) is 0 Å². The Balaban J connectivity index is 0.000000492. The summed E-state index contributed by atoms with van der Waals surface area (Å²) in [7, 11) is 0. The van der Waals surface area contributed by atoms with Crippen LogP contribution in [-0.4, -0.2) is 30.5 Å². The van der Waals surface area contributed by atoms with Crippen molar-refractivity contribution in [1.29, 1.82) is 0 Å². The molecule has 0 radical (unpaired) electrons. The number of halogens is 2. The number of rotatable bonds is 2. The smallest absolute Gasteiger partial charge is 0.260 e. The Bertz CT molecular complexity index is 225. The average Bonchev–Trinajstić information content (AvgIpc) is 2.67. The summed E-state index contributed by atoms with van der Waals surface area (Å²) in [4.78, 5) is 1.99. The molecule has 1 aliphatic carbocycles. The average molecular weight is 261 g/mol. The summed E-state index contributed by atoms with van der Waals surface area (Å²) in [6.45, 7) is 7.95. The fraction of sp³-hybridized carbons (Fsp3) is 1.00. The predicted molar refractivity (Wildman–Crippen MR) is 73.1 cm³/mol. The number of hydrogen-bond donors (Lipinski definition) is 0. The lowest BCUT2D eigenvalue weighted by Crippen LogP contribution is -2.47. The van der Waals surface area contributed by atoms with Gasteiger partial charge in [-0.2, -0.15) is 0 Å². The maximum absolute atomic E-state index is 13.3. The molecule has 3 heteroatoms. The van der Waals surface area contributed by atoms with Crippen LogP contribution in [0.15, 0.2) is 0 Å². The molecule has 2 fully saturated rings. The van der Waals surface area contributed by atoms with Crippen LogP contribution in [0.3, 0.4) is 0 Å². The second-order valence-electron chi connectivity index (χ2n) is 6.22. The SMILES string of the molecule is CC1CN(CC2CCCC2)CC(F)(F)C1.CCC. The molecule has 108 valence electrons. The van der Waals surface area contributed by atoms with Crippen LogP contribution in [0.5, 0.6) is 0 Å². The molecular weight excluding hydrogens is 232 g/mol. The molecule has 1 saturated heterocycles. The number of hydrogen-bond acceptors (Lipinski definition) is 1. The second-order valence-corrected chi connectivity index (χ2v) is 6.22. The maximum atomic E-state index is 13.3. The third-order valence-corrected chi connectivity index (χ3v) is 3.66. The van der Waals surface area contributed by atoms with Gasteiger partial charge in [-0.3, -0.25) is 4.90 Å². The van der Waals surface area contributed by atoms with Gasteiger partial charge >= 0.3 is 0 Å². The molecule has 1 saturated carbocycles. The second kappa shape index (κ2) is 7.42. The third kappa shape index (κ3) is 5.64. The van der Waals surface area contributed by atoms with Crippen LogP contribution in [0.4, 0.5) is 8.78 Å². The molecule has 1 atom stereocenters. The van der Waals surface area contributed by atoms with E-state index in [1.54, 1.807) is 0 Å². The van der Waals surface area contributed by atoms with E-state index in [9.17, 15) is 8.78 Å². The van der Waals surface area contributed by atoms with Gasteiger partial charge in [0.25, 0.3) is 5.92 Å². The lowest BCUT2D eigenvalue weighted by atomic mass is 9.95. The third-order valence-electron chi connectivity index (χ3n) is 3.66. The molecule has 1 aliphatic heterocycles. The molecule has 0 aromatic rings. The Labute approximate surface area is 111 Å². The molecule has 0 spiro atoms. The van der Waals surface area contributed by atoms with Crippen molar-refractivity contribution in [3.8, 4) is 0 Å². The molecule has 0 aromatic heterocycles. The van der Waals surface area contributed by atoms with Crippen molar-refractivity contribution in [3.63, 3.8) is 0 Å². The van der Waals surface area contributed by atoms with Crippen molar-refractivity contribution in [2.75, 3.05) is 19.6 Å². The van der Waals surface area contributed by atoms with E-state index in [0.29, 0.717) is 5.92 Å². The van der Waals surface area contributed by atoms with Gasteiger partial charge < -0.3 is 0 Å². The van der Waals surface area contributed by atoms with Crippen molar-refractivity contribution >= 4 is 0 Å². The molecule has 18 heavy (non-hydrogen) atoms. The van der Waals surface area contributed by atoms with Gasteiger partial charge in [0.2, 0.25) is 0 Å². The highest BCUT2D eigenvalue weighted by Gasteiger charge is 2.39. The van der Waals surface area contributed by atoms with E-state index in [-0.39, 0.29) is 18.9 Å². The molecule has 0 bridgehead atoms. The van der Waals surface area contributed by atoms with Crippen LogP contribution >= 0.6 is 0 Å². The van der Waals surface area contributed by atoms with Crippen LogP contribution in [0.25, 0.3) is 0 Å². The van der Waals surface area contributed by atoms with Gasteiger partial charge in [0, 0.05) is 19.5 Å². The van der Waals surface area contributed by atoms with E-state index in [2.05, 4.69) is 13.8 Å². The minimum Gasteiger partial charge on any atom is -0.297 e. The van der Waals surface area contributed by atoms with E-state index < -0.39 is 5.92 Å². The Morgan fingerprint density at radius 3 is 2.22 bits per heavy atom. The van der Waals surface area contributed by atoms with E-state index in [0.717, 1.165) is 13.1 Å². The summed E-state index contributed by atoms with van der Waals surface area (Å²) in [5.41, 5.74) is 0. The largest absolute Gasteiger partial charge is 0.297 e. The summed E-state index contributed by atoms with van der Waals surface area (Å²) >= 11 is 0. The Morgan fingerprint density at radius 1 is 1.17 bits per heavy atom. The monoisotopic (exact) mass is 261 g/mol. The van der Waals surface area contributed by atoms with E-state index in [1.807, 2.05) is 11.8 Å². The quantitative estimate of drug-likeness (QED) is 0.704. The minimum atomic E-state index is -2.45. The van der Waals surface area contributed by atoms with Gasteiger partial charge in [-0.05, 0) is 24.7 Å². The number of nitrogens with zero attached hydrogens (tertiary/aromatic N) is 1. The summed E-state index contributed by atoms with van der Waals surface area (Å²) in [5, 5.41) is 0. The zero-order valence-electron chi connectivity index (χ0n) is 12.2.